The van der Waals surface area contributed by atoms with Gasteiger partial charge in [-0.1, -0.05) is 0 Å². The number of nitrogens with one attached hydrogen (secondary N) is 2. The number of benzene rings is 1. The molecule has 0 fully saturated rings. The number of anilines is 2. The van der Waals surface area contributed by atoms with Crippen molar-refractivity contribution in [1.82, 2.24) is 9.55 Å². The maximum absolute atomic E-state index is 12.0. The lowest BCUT2D eigenvalue weighted by molar-refractivity contribution is 0.598. The number of hydrogen-bond donors (Lipinski definition) is 2. The van der Waals surface area contributed by atoms with Gasteiger partial charge >= 0.3 is 0 Å². The van der Waals surface area contributed by atoms with Crippen LogP contribution in [0, 0.1) is 0 Å². The molecule has 96 valence electrons. The summed E-state index contributed by atoms with van der Waals surface area (Å²) >= 11 is 0. The summed E-state index contributed by atoms with van der Waals surface area (Å²) in [5, 5.41) is 2.96. The summed E-state index contributed by atoms with van der Waals surface area (Å²) in [6.45, 7) is 0. The highest BCUT2D eigenvalue weighted by atomic mass is 32.2. The van der Waals surface area contributed by atoms with E-state index >= 15 is 0 Å². The minimum absolute atomic E-state index is 0.00249. The second-order valence-electron chi connectivity index (χ2n) is 3.81. The zero-order valence-corrected chi connectivity index (χ0v) is 10.9. The van der Waals surface area contributed by atoms with Gasteiger partial charge < -0.3 is 9.88 Å². The number of imidazole rings is 1. The maximum Gasteiger partial charge on any atom is 0.280 e. The summed E-state index contributed by atoms with van der Waals surface area (Å²) in [7, 11) is -0.0997. The van der Waals surface area contributed by atoms with Crippen LogP contribution in [0.5, 0.6) is 0 Å². The Morgan fingerprint density at radius 1 is 1.17 bits per heavy atom. The number of rotatable bonds is 4. The molecular formula is C11H14N4O2S. The van der Waals surface area contributed by atoms with Crippen molar-refractivity contribution >= 4 is 21.4 Å². The summed E-state index contributed by atoms with van der Waals surface area (Å²) in [6.07, 6.45) is 2.89. The number of aromatic nitrogens is 2. The molecule has 2 aromatic rings. The Labute approximate surface area is 106 Å². The molecule has 0 saturated heterocycles. The smallest absolute Gasteiger partial charge is 0.280 e. The van der Waals surface area contributed by atoms with Gasteiger partial charge in [-0.15, -0.1) is 0 Å². The van der Waals surface area contributed by atoms with Crippen LogP contribution in [0.2, 0.25) is 0 Å². The first-order valence-electron chi connectivity index (χ1n) is 5.30. The Morgan fingerprint density at radius 2 is 1.78 bits per heavy atom. The summed E-state index contributed by atoms with van der Waals surface area (Å²) < 4.78 is 28.0. The molecule has 2 rings (SSSR count). The lowest BCUT2D eigenvalue weighted by Crippen LogP contribution is -2.13. The number of nitrogens with zero attached hydrogens (tertiary/aromatic N) is 2. The van der Waals surface area contributed by atoms with Crippen LogP contribution in [0.3, 0.4) is 0 Å². The van der Waals surface area contributed by atoms with Crippen molar-refractivity contribution in [2.45, 2.75) is 5.03 Å². The Bertz CT molecular complexity index is 631. The third-order valence-electron chi connectivity index (χ3n) is 2.38. The lowest BCUT2D eigenvalue weighted by atomic mass is 10.3. The SMILES string of the molecule is CNc1ccc(NS(=O)(=O)c2cn(C)cn2)cc1. The van der Waals surface area contributed by atoms with Gasteiger partial charge in [0.15, 0.2) is 5.03 Å². The van der Waals surface area contributed by atoms with Crippen molar-refractivity contribution in [2.75, 3.05) is 17.1 Å². The fraction of sp³-hybridized carbons (Fsp3) is 0.182. The molecule has 0 radical (unpaired) electrons. The fourth-order valence-electron chi connectivity index (χ4n) is 1.44. The minimum Gasteiger partial charge on any atom is -0.388 e. The van der Waals surface area contributed by atoms with E-state index in [0.717, 1.165) is 5.69 Å². The molecule has 0 aliphatic rings. The molecule has 1 aromatic heterocycles. The van der Waals surface area contributed by atoms with Crippen LogP contribution in [-0.2, 0) is 17.1 Å². The molecule has 0 aliphatic carbocycles. The van der Waals surface area contributed by atoms with Gasteiger partial charge in [0.2, 0.25) is 0 Å². The van der Waals surface area contributed by atoms with Crippen LogP contribution in [0.15, 0.2) is 41.8 Å². The van der Waals surface area contributed by atoms with E-state index in [4.69, 9.17) is 0 Å². The zero-order chi connectivity index (χ0) is 13.2. The first-order valence-corrected chi connectivity index (χ1v) is 6.78. The van der Waals surface area contributed by atoms with E-state index in [2.05, 4.69) is 15.0 Å². The first kappa shape index (κ1) is 12.4. The maximum atomic E-state index is 12.0. The van der Waals surface area contributed by atoms with E-state index in [1.54, 1.807) is 42.9 Å². The van der Waals surface area contributed by atoms with Gasteiger partial charge in [-0.25, -0.2) is 4.98 Å². The molecule has 0 saturated carbocycles. The molecule has 0 bridgehead atoms. The van der Waals surface area contributed by atoms with Crippen molar-refractivity contribution in [3.63, 3.8) is 0 Å². The lowest BCUT2D eigenvalue weighted by Gasteiger charge is -2.06. The van der Waals surface area contributed by atoms with E-state index < -0.39 is 10.0 Å². The zero-order valence-electron chi connectivity index (χ0n) is 10.1. The van der Waals surface area contributed by atoms with Crippen LogP contribution in [0.25, 0.3) is 0 Å². The minimum atomic E-state index is -3.61. The Balaban J connectivity index is 2.22. The Kier molecular flexibility index (Phi) is 3.24. The largest absolute Gasteiger partial charge is 0.388 e. The highest BCUT2D eigenvalue weighted by molar-refractivity contribution is 7.92. The molecule has 0 spiro atoms. The number of hydrogen-bond acceptors (Lipinski definition) is 4. The van der Waals surface area contributed by atoms with Crippen molar-refractivity contribution in [3.05, 3.63) is 36.8 Å². The summed E-state index contributed by atoms with van der Waals surface area (Å²) in [5.74, 6) is 0. The molecular weight excluding hydrogens is 252 g/mol. The second kappa shape index (κ2) is 4.69. The molecule has 1 aromatic carbocycles. The van der Waals surface area contributed by atoms with E-state index in [0.29, 0.717) is 5.69 Å². The van der Waals surface area contributed by atoms with Gasteiger partial charge in [-0.2, -0.15) is 8.42 Å². The second-order valence-corrected chi connectivity index (χ2v) is 5.44. The Morgan fingerprint density at radius 3 is 2.28 bits per heavy atom. The summed E-state index contributed by atoms with van der Waals surface area (Å²) in [4.78, 5) is 3.82. The highest BCUT2D eigenvalue weighted by Gasteiger charge is 2.16. The predicted molar refractivity (Wildman–Crippen MR) is 70.0 cm³/mol. The van der Waals surface area contributed by atoms with E-state index in [1.165, 1.54) is 12.5 Å². The monoisotopic (exact) mass is 266 g/mol. The van der Waals surface area contributed by atoms with E-state index in [9.17, 15) is 8.42 Å². The molecule has 0 unspecified atom stereocenters. The molecule has 18 heavy (non-hydrogen) atoms. The van der Waals surface area contributed by atoms with Gasteiger partial charge in [-0.05, 0) is 24.3 Å². The summed E-state index contributed by atoms with van der Waals surface area (Å²) in [6, 6.07) is 6.95. The molecule has 6 nitrogen and oxygen atoms in total. The van der Waals surface area contributed by atoms with Crippen LogP contribution in [0.4, 0.5) is 11.4 Å². The van der Waals surface area contributed by atoms with Crippen molar-refractivity contribution in [1.29, 1.82) is 0 Å². The standard InChI is InChI=1S/C11H14N4O2S/c1-12-9-3-5-10(6-4-9)14-18(16,17)11-7-15(2)8-13-11/h3-8,12,14H,1-2H3. The summed E-state index contributed by atoms with van der Waals surface area (Å²) in [5.41, 5.74) is 1.41. The fourth-order valence-corrected chi connectivity index (χ4v) is 2.48. The van der Waals surface area contributed by atoms with Crippen molar-refractivity contribution in [3.8, 4) is 0 Å². The Hall–Kier alpha value is -2.02. The van der Waals surface area contributed by atoms with Crippen LogP contribution in [-0.4, -0.2) is 25.0 Å². The topological polar surface area (TPSA) is 76.0 Å². The quantitative estimate of drug-likeness (QED) is 0.873. The average Bonchev–Trinajstić information content (AvgIpc) is 2.77. The third-order valence-corrected chi connectivity index (χ3v) is 3.65. The molecule has 1 heterocycles. The van der Waals surface area contributed by atoms with E-state index in [-0.39, 0.29) is 5.03 Å². The third kappa shape index (κ3) is 2.62. The normalized spacial score (nSPS) is 11.2. The van der Waals surface area contributed by atoms with Crippen LogP contribution >= 0.6 is 0 Å². The highest BCUT2D eigenvalue weighted by Crippen LogP contribution is 2.16. The van der Waals surface area contributed by atoms with Gasteiger partial charge in [0.05, 0.1) is 6.33 Å². The van der Waals surface area contributed by atoms with E-state index in [1.807, 2.05) is 0 Å². The molecule has 7 heteroatoms. The van der Waals surface area contributed by atoms with Gasteiger partial charge in [-0.3, -0.25) is 4.72 Å². The number of sulfonamides is 1. The first-order chi connectivity index (χ1) is 8.51. The molecule has 0 aliphatic heterocycles. The average molecular weight is 266 g/mol. The van der Waals surface area contributed by atoms with Gasteiger partial charge in [0.1, 0.15) is 0 Å². The molecule has 0 amide bonds. The van der Waals surface area contributed by atoms with Gasteiger partial charge in [0.25, 0.3) is 10.0 Å². The molecule has 2 N–H and O–H groups in total. The van der Waals surface area contributed by atoms with Gasteiger partial charge in [0, 0.05) is 31.7 Å². The van der Waals surface area contributed by atoms with Crippen LogP contribution < -0.4 is 10.0 Å². The van der Waals surface area contributed by atoms with Crippen molar-refractivity contribution in [2.24, 2.45) is 7.05 Å². The van der Waals surface area contributed by atoms with Crippen LogP contribution in [0.1, 0.15) is 0 Å². The van der Waals surface area contributed by atoms with Crippen molar-refractivity contribution < 1.29 is 8.42 Å². The predicted octanol–water partition coefficient (Wildman–Crippen LogP) is 1.26. The molecule has 0 atom stereocenters. The number of aryl methyl sites for hydroxylation is 1.